The van der Waals surface area contributed by atoms with Crippen LogP contribution >= 0.6 is 34.8 Å². The first-order valence-electron chi connectivity index (χ1n) is 7.03. The Balaban J connectivity index is 1.94. The van der Waals surface area contributed by atoms with E-state index in [1.165, 1.54) is 5.56 Å². The van der Waals surface area contributed by atoms with Crippen LogP contribution in [0.1, 0.15) is 30.5 Å². The van der Waals surface area contributed by atoms with E-state index in [1.807, 2.05) is 24.3 Å². The number of hydrogen-bond donors (Lipinski definition) is 1. The Morgan fingerprint density at radius 3 is 2.24 bits per heavy atom. The van der Waals surface area contributed by atoms with Crippen LogP contribution in [0.25, 0.3) is 0 Å². The molecule has 21 heavy (non-hydrogen) atoms. The fourth-order valence-electron chi connectivity index (χ4n) is 2.30. The average Bonchev–Trinajstić information content (AvgIpc) is 2.46. The van der Waals surface area contributed by atoms with Crippen LogP contribution < -0.4 is 5.32 Å². The highest BCUT2D eigenvalue weighted by Gasteiger charge is 2.12. The topological polar surface area (TPSA) is 12.0 Å². The molecule has 0 saturated heterocycles. The van der Waals surface area contributed by atoms with E-state index in [-0.39, 0.29) is 6.04 Å². The molecule has 0 aromatic heterocycles. The second-order valence-electron chi connectivity index (χ2n) is 4.96. The van der Waals surface area contributed by atoms with Gasteiger partial charge in [0.15, 0.2) is 0 Å². The van der Waals surface area contributed by atoms with Gasteiger partial charge < -0.3 is 5.32 Å². The lowest BCUT2D eigenvalue weighted by Gasteiger charge is -2.19. The van der Waals surface area contributed by atoms with Gasteiger partial charge in [-0.3, -0.25) is 0 Å². The van der Waals surface area contributed by atoms with Gasteiger partial charge in [0.25, 0.3) is 0 Å². The van der Waals surface area contributed by atoms with Crippen molar-refractivity contribution in [3.05, 3.63) is 68.7 Å². The third kappa shape index (κ3) is 4.89. The molecule has 1 atom stereocenters. The van der Waals surface area contributed by atoms with Crippen molar-refractivity contribution >= 4 is 34.8 Å². The van der Waals surface area contributed by atoms with Crippen LogP contribution in [-0.2, 0) is 6.42 Å². The van der Waals surface area contributed by atoms with E-state index in [0.29, 0.717) is 10.0 Å². The van der Waals surface area contributed by atoms with E-state index < -0.39 is 0 Å². The monoisotopic (exact) mass is 341 g/mol. The Kier molecular flexibility index (Phi) is 6.38. The molecule has 1 N–H and O–H groups in total. The maximum Gasteiger partial charge on any atom is 0.0468 e. The third-order valence-corrected chi connectivity index (χ3v) is 4.28. The van der Waals surface area contributed by atoms with Crippen LogP contribution in [0.4, 0.5) is 0 Å². The van der Waals surface area contributed by atoms with Gasteiger partial charge >= 0.3 is 0 Å². The predicted octanol–water partition coefficient (Wildman–Crippen LogP) is 5.93. The summed E-state index contributed by atoms with van der Waals surface area (Å²) in [6, 6.07) is 13.9. The van der Waals surface area contributed by atoms with Gasteiger partial charge in [0.2, 0.25) is 0 Å². The molecule has 0 aliphatic heterocycles. The number of rotatable bonds is 6. The molecule has 0 amide bonds. The van der Waals surface area contributed by atoms with Crippen molar-refractivity contribution in [1.82, 2.24) is 5.32 Å². The Hall–Kier alpha value is -0.730. The van der Waals surface area contributed by atoms with Gasteiger partial charge in [0, 0.05) is 21.1 Å². The lowest BCUT2D eigenvalue weighted by molar-refractivity contribution is 0.523. The Morgan fingerprint density at radius 2 is 1.62 bits per heavy atom. The number of nitrogens with one attached hydrogen (secondary N) is 1. The standard InChI is InChI=1S/C17H18Cl3N/c1-2-17(15-8-7-14(19)11-16(15)20)21-10-9-12-3-5-13(18)6-4-12/h3-8,11,17,21H,2,9-10H2,1H3. The van der Waals surface area contributed by atoms with Gasteiger partial charge in [-0.05, 0) is 54.8 Å². The van der Waals surface area contributed by atoms with Crippen molar-refractivity contribution in [2.45, 2.75) is 25.8 Å². The first kappa shape index (κ1) is 16.6. The molecule has 4 heteroatoms. The molecule has 1 unspecified atom stereocenters. The highest BCUT2D eigenvalue weighted by molar-refractivity contribution is 6.35. The van der Waals surface area contributed by atoms with Gasteiger partial charge in [-0.25, -0.2) is 0 Å². The van der Waals surface area contributed by atoms with E-state index in [2.05, 4.69) is 24.4 Å². The lowest BCUT2D eigenvalue weighted by atomic mass is 10.0. The molecule has 0 aliphatic rings. The summed E-state index contributed by atoms with van der Waals surface area (Å²) in [7, 11) is 0. The molecule has 2 aromatic carbocycles. The van der Waals surface area contributed by atoms with E-state index >= 15 is 0 Å². The third-order valence-electron chi connectivity index (χ3n) is 3.46. The predicted molar refractivity (Wildman–Crippen MR) is 92.7 cm³/mol. The molecule has 0 fully saturated rings. The van der Waals surface area contributed by atoms with Crippen LogP contribution in [0, 0.1) is 0 Å². The summed E-state index contributed by atoms with van der Waals surface area (Å²) in [5.74, 6) is 0. The lowest BCUT2D eigenvalue weighted by Crippen LogP contribution is -2.23. The molecule has 2 rings (SSSR count). The minimum atomic E-state index is 0.238. The smallest absolute Gasteiger partial charge is 0.0468 e. The molecule has 0 bridgehead atoms. The maximum atomic E-state index is 6.28. The number of benzene rings is 2. The fraction of sp³-hybridized carbons (Fsp3) is 0.294. The van der Waals surface area contributed by atoms with Gasteiger partial charge in [-0.2, -0.15) is 0 Å². The summed E-state index contributed by atoms with van der Waals surface area (Å²) in [5, 5.41) is 5.70. The summed E-state index contributed by atoms with van der Waals surface area (Å²) >= 11 is 18.1. The highest BCUT2D eigenvalue weighted by Crippen LogP contribution is 2.28. The van der Waals surface area contributed by atoms with E-state index in [1.54, 1.807) is 6.07 Å². The Bertz CT molecular complexity index is 581. The van der Waals surface area contributed by atoms with Crippen molar-refractivity contribution in [1.29, 1.82) is 0 Å². The zero-order chi connectivity index (χ0) is 15.2. The van der Waals surface area contributed by atoms with E-state index in [4.69, 9.17) is 34.8 Å². The first-order valence-corrected chi connectivity index (χ1v) is 8.16. The zero-order valence-corrected chi connectivity index (χ0v) is 14.1. The molecular weight excluding hydrogens is 325 g/mol. The van der Waals surface area contributed by atoms with Gasteiger partial charge in [-0.1, -0.05) is 59.9 Å². The molecule has 0 heterocycles. The number of hydrogen-bond acceptors (Lipinski definition) is 1. The second kappa shape index (κ2) is 8.05. The normalized spacial score (nSPS) is 12.4. The quantitative estimate of drug-likeness (QED) is 0.686. The van der Waals surface area contributed by atoms with Crippen molar-refractivity contribution in [3.8, 4) is 0 Å². The fourth-order valence-corrected chi connectivity index (χ4v) is 2.97. The van der Waals surface area contributed by atoms with Crippen LogP contribution in [0.2, 0.25) is 15.1 Å². The van der Waals surface area contributed by atoms with Gasteiger partial charge in [-0.15, -0.1) is 0 Å². The maximum absolute atomic E-state index is 6.28. The van der Waals surface area contributed by atoms with Crippen molar-refractivity contribution < 1.29 is 0 Å². The summed E-state index contributed by atoms with van der Waals surface area (Å²) in [4.78, 5) is 0. The largest absolute Gasteiger partial charge is 0.310 e. The molecule has 0 radical (unpaired) electrons. The molecule has 1 nitrogen and oxygen atoms in total. The number of halogens is 3. The van der Waals surface area contributed by atoms with Crippen LogP contribution in [-0.4, -0.2) is 6.54 Å². The Labute approximate surface area is 141 Å². The summed E-state index contributed by atoms with van der Waals surface area (Å²) < 4.78 is 0. The minimum absolute atomic E-state index is 0.238. The van der Waals surface area contributed by atoms with E-state index in [9.17, 15) is 0 Å². The summed E-state index contributed by atoms with van der Waals surface area (Å²) in [6.45, 7) is 3.03. The van der Waals surface area contributed by atoms with Crippen molar-refractivity contribution in [2.24, 2.45) is 0 Å². The highest BCUT2D eigenvalue weighted by atomic mass is 35.5. The average molecular weight is 343 g/mol. The molecule has 2 aromatic rings. The van der Waals surface area contributed by atoms with Crippen molar-refractivity contribution in [2.75, 3.05) is 6.54 Å². The SMILES string of the molecule is CCC(NCCc1ccc(Cl)cc1)c1ccc(Cl)cc1Cl. The van der Waals surface area contributed by atoms with Crippen LogP contribution in [0.3, 0.4) is 0 Å². The Morgan fingerprint density at radius 1 is 0.952 bits per heavy atom. The molecule has 0 spiro atoms. The van der Waals surface area contributed by atoms with Crippen molar-refractivity contribution in [3.63, 3.8) is 0 Å². The second-order valence-corrected chi connectivity index (χ2v) is 6.24. The van der Waals surface area contributed by atoms with Crippen LogP contribution in [0.5, 0.6) is 0 Å². The molecule has 0 saturated carbocycles. The van der Waals surface area contributed by atoms with Crippen LogP contribution in [0.15, 0.2) is 42.5 Å². The van der Waals surface area contributed by atoms with E-state index in [0.717, 1.165) is 30.0 Å². The molecule has 112 valence electrons. The minimum Gasteiger partial charge on any atom is -0.310 e. The molecular formula is C17H18Cl3N. The zero-order valence-electron chi connectivity index (χ0n) is 11.9. The van der Waals surface area contributed by atoms with Gasteiger partial charge in [0.1, 0.15) is 0 Å². The first-order chi connectivity index (χ1) is 10.1. The summed E-state index contributed by atoms with van der Waals surface area (Å²) in [6.07, 6.45) is 1.93. The molecule has 0 aliphatic carbocycles. The summed E-state index contributed by atoms with van der Waals surface area (Å²) in [5.41, 5.74) is 2.36. The van der Waals surface area contributed by atoms with Gasteiger partial charge in [0.05, 0.1) is 0 Å².